The highest BCUT2D eigenvalue weighted by Gasteiger charge is 2.44. The predicted octanol–water partition coefficient (Wildman–Crippen LogP) is 3.15. The highest BCUT2D eigenvalue weighted by atomic mass is 127. The van der Waals surface area contributed by atoms with E-state index in [1.807, 2.05) is 19.2 Å². The third-order valence-corrected chi connectivity index (χ3v) is 4.51. The molecule has 1 aliphatic carbocycles. The zero-order chi connectivity index (χ0) is 14.0. The molecule has 0 radical (unpaired) electrons. The van der Waals surface area contributed by atoms with E-state index in [2.05, 4.69) is 15.2 Å². The molecule has 1 aliphatic heterocycles. The van der Waals surface area contributed by atoms with Crippen molar-refractivity contribution in [1.29, 1.82) is 0 Å². The molecule has 1 aromatic rings. The van der Waals surface area contributed by atoms with E-state index in [0.29, 0.717) is 0 Å². The van der Waals surface area contributed by atoms with Gasteiger partial charge in [0.2, 0.25) is 0 Å². The molecule has 0 atom stereocenters. The fourth-order valence-electron chi connectivity index (χ4n) is 3.03. The van der Waals surface area contributed by atoms with Gasteiger partial charge in [0.15, 0.2) is 5.96 Å². The number of aliphatic imine (C=N–C) groups is 1. The van der Waals surface area contributed by atoms with Crippen LogP contribution in [0.25, 0.3) is 0 Å². The number of nitrogens with zero attached hydrogens (tertiary/aromatic N) is 2. The number of guanidine groups is 1. The highest BCUT2D eigenvalue weighted by molar-refractivity contribution is 14.0. The average Bonchev–Trinajstić information content (AvgIpc) is 3.06. The number of rotatable bonds is 3. The summed E-state index contributed by atoms with van der Waals surface area (Å²) >= 11 is 0. The summed E-state index contributed by atoms with van der Waals surface area (Å²) < 4.78 is 13.0. The summed E-state index contributed by atoms with van der Waals surface area (Å²) in [4.78, 5) is 6.70. The van der Waals surface area contributed by atoms with Crippen molar-refractivity contribution in [2.75, 3.05) is 26.7 Å². The minimum absolute atomic E-state index is 0. The summed E-state index contributed by atoms with van der Waals surface area (Å²) in [6.07, 6.45) is 4.85. The maximum Gasteiger partial charge on any atom is 0.193 e. The molecule has 1 saturated heterocycles. The fraction of sp³-hybridized carbons (Fsp3) is 0.562. The van der Waals surface area contributed by atoms with Crippen LogP contribution in [0.2, 0.25) is 0 Å². The summed E-state index contributed by atoms with van der Waals surface area (Å²) in [6, 6.07) is 6.96. The monoisotopic (exact) mass is 403 g/mol. The SMILES string of the molecule is CN=C(NCC1(c2ccc(F)cc2)CC1)N1CCCC1.I. The van der Waals surface area contributed by atoms with Gasteiger partial charge < -0.3 is 10.2 Å². The predicted molar refractivity (Wildman–Crippen MR) is 94.9 cm³/mol. The van der Waals surface area contributed by atoms with Crippen LogP contribution in [0.1, 0.15) is 31.2 Å². The Labute approximate surface area is 143 Å². The molecule has 0 bridgehead atoms. The number of hydrogen-bond acceptors (Lipinski definition) is 1. The summed E-state index contributed by atoms with van der Waals surface area (Å²) in [7, 11) is 1.85. The third-order valence-electron chi connectivity index (χ3n) is 4.51. The Hall–Kier alpha value is -0.850. The normalized spacial score (nSPS) is 20.1. The Morgan fingerprint density at radius 2 is 1.86 bits per heavy atom. The van der Waals surface area contributed by atoms with Crippen molar-refractivity contribution in [2.45, 2.75) is 31.1 Å². The van der Waals surface area contributed by atoms with Crippen LogP contribution in [0.3, 0.4) is 0 Å². The molecule has 0 spiro atoms. The average molecular weight is 403 g/mol. The van der Waals surface area contributed by atoms with Gasteiger partial charge in [-0.15, -0.1) is 24.0 Å². The van der Waals surface area contributed by atoms with E-state index in [-0.39, 0.29) is 35.2 Å². The lowest BCUT2D eigenvalue weighted by Crippen LogP contribution is -2.42. The molecule has 2 aliphatic rings. The fourth-order valence-corrected chi connectivity index (χ4v) is 3.03. The van der Waals surface area contributed by atoms with Gasteiger partial charge in [0.25, 0.3) is 0 Å². The first kappa shape index (κ1) is 16.5. The second-order valence-corrected chi connectivity index (χ2v) is 5.88. The smallest absolute Gasteiger partial charge is 0.193 e. The van der Waals surface area contributed by atoms with E-state index in [1.54, 1.807) is 12.1 Å². The summed E-state index contributed by atoms with van der Waals surface area (Å²) in [5, 5.41) is 3.51. The largest absolute Gasteiger partial charge is 0.355 e. The standard InChI is InChI=1S/C16H22FN3.HI/c1-18-15(20-10-2-3-11-20)19-12-16(8-9-16)13-4-6-14(17)7-5-13;/h4-7H,2-3,8-12H2,1H3,(H,18,19);1H. The summed E-state index contributed by atoms with van der Waals surface area (Å²) in [6.45, 7) is 3.09. The second-order valence-electron chi connectivity index (χ2n) is 5.88. The zero-order valence-electron chi connectivity index (χ0n) is 12.4. The highest BCUT2D eigenvalue weighted by Crippen LogP contribution is 2.47. The van der Waals surface area contributed by atoms with Crippen LogP contribution in [0.5, 0.6) is 0 Å². The van der Waals surface area contributed by atoms with Crippen LogP contribution >= 0.6 is 24.0 Å². The lowest BCUT2D eigenvalue weighted by Gasteiger charge is -2.24. The minimum Gasteiger partial charge on any atom is -0.355 e. The van der Waals surface area contributed by atoms with Gasteiger partial charge in [0, 0.05) is 32.1 Å². The summed E-state index contributed by atoms with van der Waals surface area (Å²) in [5.41, 5.74) is 1.42. The molecule has 1 heterocycles. The Morgan fingerprint density at radius 3 is 2.38 bits per heavy atom. The molecule has 1 saturated carbocycles. The first-order valence-corrected chi connectivity index (χ1v) is 7.45. The van der Waals surface area contributed by atoms with E-state index < -0.39 is 0 Å². The van der Waals surface area contributed by atoms with Crippen molar-refractivity contribution in [1.82, 2.24) is 10.2 Å². The van der Waals surface area contributed by atoms with E-state index in [1.165, 1.54) is 31.2 Å². The van der Waals surface area contributed by atoms with Gasteiger partial charge in [-0.3, -0.25) is 4.99 Å². The minimum atomic E-state index is -0.162. The van der Waals surface area contributed by atoms with E-state index in [0.717, 1.165) is 25.6 Å². The van der Waals surface area contributed by atoms with Crippen molar-refractivity contribution >= 4 is 29.9 Å². The Balaban J connectivity index is 0.00000161. The maximum absolute atomic E-state index is 13.0. The molecule has 1 N–H and O–H groups in total. The van der Waals surface area contributed by atoms with E-state index >= 15 is 0 Å². The van der Waals surface area contributed by atoms with Crippen LogP contribution in [0.15, 0.2) is 29.3 Å². The molecule has 3 rings (SSSR count). The topological polar surface area (TPSA) is 27.6 Å². The van der Waals surface area contributed by atoms with Crippen molar-refractivity contribution in [3.8, 4) is 0 Å². The number of hydrogen-bond donors (Lipinski definition) is 1. The first-order chi connectivity index (χ1) is 9.73. The third kappa shape index (κ3) is 3.67. The van der Waals surface area contributed by atoms with Gasteiger partial charge in [-0.25, -0.2) is 4.39 Å². The molecule has 5 heteroatoms. The van der Waals surface area contributed by atoms with Crippen molar-refractivity contribution < 1.29 is 4.39 Å². The van der Waals surface area contributed by atoms with Gasteiger partial charge in [-0.1, -0.05) is 12.1 Å². The number of nitrogens with one attached hydrogen (secondary N) is 1. The molecular formula is C16H23FIN3. The molecular weight excluding hydrogens is 380 g/mol. The Morgan fingerprint density at radius 1 is 1.24 bits per heavy atom. The lowest BCUT2D eigenvalue weighted by atomic mass is 9.96. The van der Waals surface area contributed by atoms with Gasteiger partial charge in [-0.05, 0) is 43.4 Å². The molecule has 3 nitrogen and oxygen atoms in total. The lowest BCUT2D eigenvalue weighted by molar-refractivity contribution is 0.485. The molecule has 0 unspecified atom stereocenters. The first-order valence-electron chi connectivity index (χ1n) is 7.45. The van der Waals surface area contributed by atoms with Gasteiger partial charge in [0.05, 0.1) is 0 Å². The van der Waals surface area contributed by atoms with E-state index in [4.69, 9.17) is 0 Å². The molecule has 116 valence electrons. The molecule has 0 aromatic heterocycles. The summed E-state index contributed by atoms with van der Waals surface area (Å²) in [5.74, 6) is 0.848. The van der Waals surface area contributed by atoms with Crippen molar-refractivity contribution in [3.05, 3.63) is 35.6 Å². The van der Waals surface area contributed by atoms with Crippen LogP contribution in [0, 0.1) is 5.82 Å². The zero-order valence-corrected chi connectivity index (χ0v) is 14.8. The molecule has 1 aromatic carbocycles. The van der Waals surface area contributed by atoms with Crippen LogP contribution in [0.4, 0.5) is 4.39 Å². The number of benzene rings is 1. The van der Waals surface area contributed by atoms with Gasteiger partial charge >= 0.3 is 0 Å². The van der Waals surface area contributed by atoms with Crippen LogP contribution < -0.4 is 5.32 Å². The maximum atomic E-state index is 13.0. The van der Waals surface area contributed by atoms with Crippen LogP contribution in [-0.4, -0.2) is 37.5 Å². The van der Waals surface area contributed by atoms with Crippen molar-refractivity contribution in [2.24, 2.45) is 4.99 Å². The molecule has 21 heavy (non-hydrogen) atoms. The van der Waals surface area contributed by atoms with Crippen LogP contribution in [-0.2, 0) is 5.41 Å². The number of likely N-dealkylation sites (tertiary alicyclic amines) is 1. The molecule has 0 amide bonds. The number of halogens is 2. The Kier molecular flexibility index (Phi) is 5.46. The van der Waals surface area contributed by atoms with E-state index in [9.17, 15) is 4.39 Å². The van der Waals surface area contributed by atoms with Crippen molar-refractivity contribution in [3.63, 3.8) is 0 Å². The molecule has 2 fully saturated rings. The van der Waals surface area contributed by atoms with Gasteiger partial charge in [0.1, 0.15) is 5.82 Å². The quantitative estimate of drug-likeness (QED) is 0.477. The second kappa shape index (κ2) is 6.94. The Bertz CT molecular complexity index is 491. The van der Waals surface area contributed by atoms with Gasteiger partial charge in [-0.2, -0.15) is 0 Å².